The van der Waals surface area contributed by atoms with Crippen molar-refractivity contribution >= 4 is 23.1 Å². The van der Waals surface area contributed by atoms with E-state index in [0.717, 1.165) is 11.5 Å². The Morgan fingerprint density at radius 3 is 3.09 bits per heavy atom. The molecule has 2 rings (SSSR count). The van der Waals surface area contributed by atoms with Crippen molar-refractivity contribution in [3.8, 4) is 11.5 Å². The Kier molecular flexibility index (Phi) is 1.96. The van der Waals surface area contributed by atoms with Crippen molar-refractivity contribution in [2.75, 3.05) is 19.5 Å². The molecule has 0 bridgehead atoms. The van der Waals surface area contributed by atoms with Crippen molar-refractivity contribution in [3.05, 3.63) is 5.38 Å². The third kappa shape index (κ3) is 1.20. The monoisotopic (exact) mass is 188 g/mol. The first-order chi connectivity index (χ1) is 5.42. The van der Waals surface area contributed by atoms with Gasteiger partial charge in [0.25, 0.3) is 0 Å². The number of ether oxygens (including phenoxy) is 2. The van der Waals surface area contributed by atoms with Gasteiger partial charge in [0.05, 0.1) is 0 Å². The van der Waals surface area contributed by atoms with Gasteiger partial charge < -0.3 is 9.47 Å². The van der Waals surface area contributed by atoms with Crippen molar-refractivity contribution in [2.45, 2.75) is 4.21 Å². The first-order valence-corrected chi connectivity index (χ1v) is 5.43. The van der Waals surface area contributed by atoms with Crippen molar-refractivity contribution in [2.24, 2.45) is 0 Å². The highest BCUT2D eigenvalue weighted by atomic mass is 32.2. The van der Waals surface area contributed by atoms with E-state index in [1.54, 1.807) is 23.1 Å². The van der Waals surface area contributed by atoms with Crippen LogP contribution in [0, 0.1) is 0 Å². The molecule has 0 aliphatic carbocycles. The Labute approximate surface area is 73.5 Å². The highest BCUT2D eigenvalue weighted by molar-refractivity contribution is 8.00. The van der Waals surface area contributed by atoms with Gasteiger partial charge in [-0.3, -0.25) is 0 Å². The maximum absolute atomic E-state index is 5.45. The average Bonchev–Trinajstić information content (AvgIpc) is 2.47. The molecule has 60 valence electrons. The molecule has 0 spiro atoms. The zero-order valence-corrected chi connectivity index (χ0v) is 7.76. The van der Waals surface area contributed by atoms with E-state index < -0.39 is 0 Å². The SMILES string of the molecule is CSc1scc2c1OCCO2. The molecular formula is C7H8O2S2. The molecule has 11 heavy (non-hydrogen) atoms. The van der Waals surface area contributed by atoms with E-state index in [4.69, 9.17) is 9.47 Å². The summed E-state index contributed by atoms with van der Waals surface area (Å²) in [6, 6.07) is 0. The summed E-state index contributed by atoms with van der Waals surface area (Å²) in [6.45, 7) is 1.36. The number of hydrogen-bond donors (Lipinski definition) is 0. The van der Waals surface area contributed by atoms with Gasteiger partial charge in [0.1, 0.15) is 17.4 Å². The molecule has 1 aliphatic heterocycles. The minimum Gasteiger partial charge on any atom is -0.485 e. The summed E-state index contributed by atoms with van der Waals surface area (Å²) in [5, 5.41) is 2.00. The quantitative estimate of drug-likeness (QED) is 0.630. The number of hydrogen-bond acceptors (Lipinski definition) is 4. The summed E-state index contributed by atoms with van der Waals surface area (Å²) in [5.41, 5.74) is 0. The zero-order valence-electron chi connectivity index (χ0n) is 6.12. The third-order valence-electron chi connectivity index (χ3n) is 1.45. The van der Waals surface area contributed by atoms with Gasteiger partial charge in [-0.25, -0.2) is 0 Å². The molecule has 1 aromatic rings. The van der Waals surface area contributed by atoms with E-state index in [-0.39, 0.29) is 0 Å². The van der Waals surface area contributed by atoms with E-state index in [2.05, 4.69) is 0 Å². The lowest BCUT2D eigenvalue weighted by Crippen LogP contribution is -2.14. The Morgan fingerprint density at radius 1 is 1.45 bits per heavy atom. The fourth-order valence-electron chi connectivity index (χ4n) is 0.980. The first kappa shape index (κ1) is 7.31. The predicted molar refractivity (Wildman–Crippen MR) is 47.1 cm³/mol. The van der Waals surface area contributed by atoms with Gasteiger partial charge in [-0.1, -0.05) is 0 Å². The third-order valence-corrected chi connectivity index (χ3v) is 3.53. The fourth-order valence-corrected chi connectivity index (χ4v) is 2.51. The number of thiophene rings is 1. The van der Waals surface area contributed by atoms with Gasteiger partial charge in [0.15, 0.2) is 11.5 Å². The molecule has 1 aromatic heterocycles. The van der Waals surface area contributed by atoms with Crippen LogP contribution in [0.5, 0.6) is 11.5 Å². The summed E-state index contributed by atoms with van der Waals surface area (Å²) in [4.78, 5) is 0. The van der Waals surface area contributed by atoms with Crippen LogP contribution in [0.15, 0.2) is 9.59 Å². The molecule has 2 heterocycles. The lowest BCUT2D eigenvalue weighted by Gasteiger charge is -2.15. The molecule has 0 fully saturated rings. The first-order valence-electron chi connectivity index (χ1n) is 3.33. The van der Waals surface area contributed by atoms with Crippen LogP contribution in [0.1, 0.15) is 0 Å². The second-order valence-corrected chi connectivity index (χ2v) is 4.07. The Bertz CT molecular complexity index is 243. The molecule has 0 aromatic carbocycles. The van der Waals surface area contributed by atoms with Crippen molar-refractivity contribution in [1.29, 1.82) is 0 Å². The average molecular weight is 188 g/mol. The van der Waals surface area contributed by atoms with E-state index in [0.29, 0.717) is 13.2 Å². The maximum atomic E-state index is 5.45. The number of thioether (sulfide) groups is 1. The standard InChI is InChI=1S/C7H8O2S2/c1-10-7-6-5(4-11-7)8-2-3-9-6/h4H,2-3H2,1H3. The van der Waals surface area contributed by atoms with Gasteiger partial charge in [-0.2, -0.15) is 0 Å². The van der Waals surface area contributed by atoms with Crippen LogP contribution in [-0.4, -0.2) is 19.5 Å². The van der Waals surface area contributed by atoms with Gasteiger partial charge in [0, 0.05) is 5.38 Å². The van der Waals surface area contributed by atoms with Crippen molar-refractivity contribution in [3.63, 3.8) is 0 Å². The number of fused-ring (bicyclic) bond motifs is 1. The topological polar surface area (TPSA) is 18.5 Å². The van der Waals surface area contributed by atoms with Crippen molar-refractivity contribution < 1.29 is 9.47 Å². The molecule has 0 saturated carbocycles. The van der Waals surface area contributed by atoms with E-state index in [1.165, 1.54) is 4.21 Å². The zero-order chi connectivity index (χ0) is 7.68. The van der Waals surface area contributed by atoms with E-state index in [9.17, 15) is 0 Å². The Balaban J connectivity index is 2.38. The molecule has 0 saturated heterocycles. The summed E-state index contributed by atoms with van der Waals surface area (Å²) in [5.74, 6) is 1.85. The van der Waals surface area contributed by atoms with Crippen LogP contribution in [0.4, 0.5) is 0 Å². The van der Waals surface area contributed by atoms with Gasteiger partial charge in [-0.15, -0.1) is 23.1 Å². The predicted octanol–water partition coefficient (Wildman–Crippen LogP) is 2.24. The lowest BCUT2D eigenvalue weighted by molar-refractivity contribution is 0.170. The van der Waals surface area contributed by atoms with Crippen LogP contribution >= 0.6 is 23.1 Å². The number of rotatable bonds is 1. The largest absolute Gasteiger partial charge is 0.485 e. The summed E-state index contributed by atoms with van der Waals surface area (Å²) in [6.07, 6.45) is 2.05. The maximum Gasteiger partial charge on any atom is 0.185 e. The Morgan fingerprint density at radius 2 is 2.27 bits per heavy atom. The van der Waals surface area contributed by atoms with Gasteiger partial charge in [0.2, 0.25) is 0 Å². The minimum atomic E-state index is 0.678. The van der Waals surface area contributed by atoms with Crippen LogP contribution in [0.2, 0.25) is 0 Å². The van der Waals surface area contributed by atoms with Crippen LogP contribution in [0.25, 0.3) is 0 Å². The normalized spacial score (nSPS) is 15.0. The molecule has 0 N–H and O–H groups in total. The second-order valence-electron chi connectivity index (χ2n) is 2.12. The van der Waals surface area contributed by atoms with Crippen LogP contribution in [0.3, 0.4) is 0 Å². The van der Waals surface area contributed by atoms with Gasteiger partial charge >= 0.3 is 0 Å². The van der Waals surface area contributed by atoms with Gasteiger partial charge in [-0.05, 0) is 6.26 Å². The van der Waals surface area contributed by atoms with Crippen LogP contribution in [-0.2, 0) is 0 Å². The lowest BCUT2D eigenvalue weighted by atomic mass is 10.5. The molecule has 0 atom stereocenters. The van der Waals surface area contributed by atoms with E-state index >= 15 is 0 Å². The molecular weight excluding hydrogens is 180 g/mol. The second kappa shape index (κ2) is 2.95. The smallest absolute Gasteiger partial charge is 0.185 e. The highest BCUT2D eigenvalue weighted by Crippen LogP contribution is 2.43. The summed E-state index contributed by atoms with van der Waals surface area (Å²) < 4.78 is 12.0. The highest BCUT2D eigenvalue weighted by Gasteiger charge is 2.17. The molecule has 1 aliphatic rings. The summed E-state index contributed by atoms with van der Waals surface area (Å²) in [7, 11) is 0. The summed E-state index contributed by atoms with van der Waals surface area (Å²) >= 11 is 3.38. The molecule has 0 unspecified atom stereocenters. The Hall–Kier alpha value is -0.350. The van der Waals surface area contributed by atoms with Crippen LogP contribution < -0.4 is 9.47 Å². The molecule has 0 radical (unpaired) electrons. The van der Waals surface area contributed by atoms with Crippen molar-refractivity contribution in [1.82, 2.24) is 0 Å². The molecule has 0 amide bonds. The molecule has 2 nitrogen and oxygen atoms in total. The molecule has 4 heteroatoms. The fraction of sp³-hybridized carbons (Fsp3) is 0.429. The van der Waals surface area contributed by atoms with E-state index in [1.807, 2.05) is 11.6 Å². The minimum absolute atomic E-state index is 0.678.